The molecule has 0 aliphatic heterocycles. The zero-order valence-electron chi connectivity index (χ0n) is 13.0. The average Bonchev–Trinajstić information content (AvgIpc) is 2.85. The Morgan fingerprint density at radius 3 is 2.59 bits per heavy atom. The van der Waals surface area contributed by atoms with E-state index in [2.05, 4.69) is 60.5 Å². The Kier molecular flexibility index (Phi) is 5.28. The molecule has 0 aliphatic carbocycles. The van der Waals surface area contributed by atoms with Crippen LogP contribution in [0.3, 0.4) is 0 Å². The van der Waals surface area contributed by atoms with E-state index < -0.39 is 0 Å². The Balaban J connectivity index is 0.00000176. The second kappa shape index (κ2) is 6.99. The first-order chi connectivity index (χ1) is 10.3. The third-order valence-corrected chi connectivity index (χ3v) is 4.22. The van der Waals surface area contributed by atoms with Crippen LogP contribution in [0.2, 0.25) is 0 Å². The van der Waals surface area contributed by atoms with E-state index >= 15 is 0 Å². The summed E-state index contributed by atoms with van der Waals surface area (Å²) in [6.07, 6.45) is 3.83. The molecule has 1 atom stereocenters. The Labute approximate surface area is 138 Å². The van der Waals surface area contributed by atoms with E-state index in [0.717, 1.165) is 19.4 Å². The maximum absolute atomic E-state index is 6.30. The van der Waals surface area contributed by atoms with E-state index in [-0.39, 0.29) is 18.4 Å². The number of rotatable bonds is 5. The fourth-order valence-electron chi connectivity index (χ4n) is 3.11. The van der Waals surface area contributed by atoms with Crippen LogP contribution in [0, 0.1) is 0 Å². The molecule has 0 saturated carbocycles. The fraction of sp³-hybridized carbons (Fsp3) is 0.263. The van der Waals surface area contributed by atoms with Crippen molar-refractivity contribution < 1.29 is 0 Å². The van der Waals surface area contributed by atoms with Gasteiger partial charge in [-0.05, 0) is 43.5 Å². The van der Waals surface area contributed by atoms with Crippen LogP contribution in [0.25, 0.3) is 21.8 Å². The molecule has 0 amide bonds. The van der Waals surface area contributed by atoms with Crippen molar-refractivity contribution in [3.8, 4) is 0 Å². The number of nitrogens with zero attached hydrogens (tertiary/aromatic N) is 1. The van der Waals surface area contributed by atoms with Crippen LogP contribution in [-0.4, -0.2) is 4.57 Å². The summed E-state index contributed by atoms with van der Waals surface area (Å²) in [5.74, 6) is 0. The highest BCUT2D eigenvalue weighted by molar-refractivity contribution is 6.08. The van der Waals surface area contributed by atoms with Gasteiger partial charge in [-0.3, -0.25) is 0 Å². The van der Waals surface area contributed by atoms with Gasteiger partial charge in [0.2, 0.25) is 0 Å². The number of aryl methyl sites for hydroxylation is 1. The van der Waals surface area contributed by atoms with Crippen molar-refractivity contribution in [1.29, 1.82) is 0 Å². The number of halogens is 1. The molecule has 0 radical (unpaired) electrons. The molecular weight excluding hydrogens is 292 g/mol. The van der Waals surface area contributed by atoms with Crippen LogP contribution in [0.4, 0.5) is 0 Å². The molecule has 3 aromatic rings. The standard InChI is InChI=1S/C19H22N2.ClH/c1-3-5-9-17(20)14-11-12-19-16(13-14)15-8-6-7-10-18(15)21(19)4-2;/h3,6-8,10-13,17H,1,4-5,9,20H2,2H3;1H/t17-;/m1./s1. The summed E-state index contributed by atoms with van der Waals surface area (Å²) in [7, 11) is 0. The lowest BCUT2D eigenvalue weighted by Gasteiger charge is -2.11. The minimum atomic E-state index is 0. The summed E-state index contributed by atoms with van der Waals surface area (Å²) in [4.78, 5) is 0. The molecule has 116 valence electrons. The van der Waals surface area contributed by atoms with Crippen LogP contribution in [0.1, 0.15) is 31.4 Å². The van der Waals surface area contributed by atoms with Crippen molar-refractivity contribution in [1.82, 2.24) is 4.57 Å². The number of hydrogen-bond donors (Lipinski definition) is 1. The molecule has 0 fully saturated rings. The van der Waals surface area contributed by atoms with E-state index in [1.165, 1.54) is 27.4 Å². The lowest BCUT2D eigenvalue weighted by molar-refractivity contribution is 0.662. The molecule has 0 aliphatic rings. The second-order valence-electron chi connectivity index (χ2n) is 5.51. The van der Waals surface area contributed by atoms with Gasteiger partial charge in [0.15, 0.2) is 0 Å². The molecule has 3 heteroatoms. The van der Waals surface area contributed by atoms with Gasteiger partial charge >= 0.3 is 0 Å². The van der Waals surface area contributed by atoms with E-state index in [9.17, 15) is 0 Å². The monoisotopic (exact) mass is 314 g/mol. The highest BCUT2D eigenvalue weighted by Crippen LogP contribution is 2.31. The SMILES string of the molecule is C=CCC[C@@H](N)c1ccc2c(c1)c1ccccc1n2CC.Cl. The Morgan fingerprint density at radius 1 is 1.14 bits per heavy atom. The van der Waals surface area contributed by atoms with Gasteiger partial charge in [0.05, 0.1) is 0 Å². The van der Waals surface area contributed by atoms with Crippen molar-refractivity contribution in [2.45, 2.75) is 32.4 Å². The summed E-state index contributed by atoms with van der Waals surface area (Å²) >= 11 is 0. The number of fused-ring (bicyclic) bond motifs is 3. The summed E-state index contributed by atoms with van der Waals surface area (Å²) in [5.41, 5.74) is 10.1. The number of benzene rings is 2. The molecule has 2 aromatic carbocycles. The van der Waals surface area contributed by atoms with Crippen molar-refractivity contribution in [3.63, 3.8) is 0 Å². The lowest BCUT2D eigenvalue weighted by Crippen LogP contribution is -2.09. The molecule has 2 N–H and O–H groups in total. The number of aromatic nitrogens is 1. The average molecular weight is 315 g/mol. The van der Waals surface area contributed by atoms with Gasteiger partial charge in [0.25, 0.3) is 0 Å². The zero-order chi connectivity index (χ0) is 14.8. The zero-order valence-corrected chi connectivity index (χ0v) is 13.8. The van der Waals surface area contributed by atoms with Gasteiger partial charge in [-0.15, -0.1) is 19.0 Å². The van der Waals surface area contributed by atoms with Gasteiger partial charge in [0, 0.05) is 34.4 Å². The summed E-state index contributed by atoms with van der Waals surface area (Å²) in [6, 6.07) is 15.3. The third-order valence-electron chi connectivity index (χ3n) is 4.22. The van der Waals surface area contributed by atoms with Gasteiger partial charge in [-0.25, -0.2) is 0 Å². The van der Waals surface area contributed by atoms with Crippen molar-refractivity contribution in [2.75, 3.05) is 0 Å². The van der Waals surface area contributed by atoms with Crippen LogP contribution in [0.5, 0.6) is 0 Å². The molecule has 2 nitrogen and oxygen atoms in total. The predicted molar refractivity (Wildman–Crippen MR) is 98.7 cm³/mol. The minimum Gasteiger partial charge on any atom is -0.341 e. The number of hydrogen-bond acceptors (Lipinski definition) is 1. The quantitative estimate of drug-likeness (QED) is 0.644. The highest BCUT2D eigenvalue weighted by Gasteiger charge is 2.12. The second-order valence-corrected chi connectivity index (χ2v) is 5.51. The predicted octanol–water partition coefficient (Wildman–Crippen LogP) is 5.20. The molecule has 3 rings (SSSR count). The molecule has 0 bridgehead atoms. The van der Waals surface area contributed by atoms with Gasteiger partial charge < -0.3 is 10.3 Å². The third kappa shape index (κ3) is 2.77. The highest BCUT2D eigenvalue weighted by atomic mass is 35.5. The van der Waals surface area contributed by atoms with Crippen LogP contribution >= 0.6 is 12.4 Å². The van der Waals surface area contributed by atoms with Crippen molar-refractivity contribution >= 4 is 34.2 Å². The molecule has 0 spiro atoms. The maximum Gasteiger partial charge on any atom is 0.0491 e. The Hall–Kier alpha value is -1.77. The molecule has 22 heavy (non-hydrogen) atoms. The smallest absolute Gasteiger partial charge is 0.0491 e. The molecule has 1 heterocycles. The lowest BCUT2D eigenvalue weighted by atomic mass is 10.0. The van der Waals surface area contributed by atoms with E-state index in [4.69, 9.17) is 5.73 Å². The summed E-state index contributed by atoms with van der Waals surface area (Å²) in [6.45, 7) is 6.94. The Morgan fingerprint density at radius 2 is 1.86 bits per heavy atom. The number of allylic oxidation sites excluding steroid dienone is 1. The van der Waals surface area contributed by atoms with Crippen LogP contribution in [-0.2, 0) is 6.54 Å². The molecule has 1 aromatic heterocycles. The molecule has 0 unspecified atom stereocenters. The van der Waals surface area contributed by atoms with Crippen LogP contribution in [0.15, 0.2) is 55.1 Å². The van der Waals surface area contributed by atoms with E-state index in [1.54, 1.807) is 0 Å². The van der Waals surface area contributed by atoms with Crippen molar-refractivity contribution in [2.24, 2.45) is 5.73 Å². The first-order valence-corrected chi connectivity index (χ1v) is 7.63. The van der Waals surface area contributed by atoms with Crippen molar-refractivity contribution in [3.05, 3.63) is 60.7 Å². The summed E-state index contributed by atoms with van der Waals surface area (Å²) < 4.78 is 2.36. The van der Waals surface area contributed by atoms with E-state index in [1.807, 2.05) is 6.08 Å². The normalized spacial score (nSPS) is 12.3. The number of para-hydroxylation sites is 1. The largest absolute Gasteiger partial charge is 0.341 e. The first kappa shape index (κ1) is 16.6. The van der Waals surface area contributed by atoms with Gasteiger partial charge in [0.1, 0.15) is 0 Å². The van der Waals surface area contributed by atoms with Gasteiger partial charge in [-0.1, -0.05) is 30.3 Å². The summed E-state index contributed by atoms with van der Waals surface area (Å²) in [5, 5.41) is 2.62. The van der Waals surface area contributed by atoms with Crippen LogP contribution < -0.4 is 5.73 Å². The minimum absolute atomic E-state index is 0. The molecular formula is C19H23ClN2. The Bertz CT molecular complexity index is 789. The fourth-order valence-corrected chi connectivity index (χ4v) is 3.11. The van der Waals surface area contributed by atoms with Gasteiger partial charge in [-0.2, -0.15) is 0 Å². The van der Waals surface area contributed by atoms with E-state index in [0.29, 0.717) is 0 Å². The topological polar surface area (TPSA) is 30.9 Å². The molecule has 0 saturated heterocycles. The first-order valence-electron chi connectivity index (χ1n) is 7.63. The number of nitrogens with two attached hydrogens (primary N) is 1. The maximum atomic E-state index is 6.30.